The lowest BCUT2D eigenvalue weighted by molar-refractivity contribution is 0.0984. The fraction of sp³-hybridized carbons (Fsp3) is 0.429. The number of hydrogen-bond donors (Lipinski definition) is 0. The summed E-state index contributed by atoms with van der Waals surface area (Å²) in [7, 11) is 0. The van der Waals surface area contributed by atoms with Crippen molar-refractivity contribution in [1.29, 1.82) is 5.26 Å². The highest BCUT2D eigenvalue weighted by molar-refractivity contribution is 5.96. The molecule has 2 nitrogen and oxygen atoms in total. The summed E-state index contributed by atoms with van der Waals surface area (Å²) in [5.74, 6) is 0.0589. The molecule has 0 spiro atoms. The average molecular weight is 215 g/mol. The van der Waals surface area contributed by atoms with Gasteiger partial charge in [-0.05, 0) is 18.4 Å². The van der Waals surface area contributed by atoms with Gasteiger partial charge in [-0.15, -0.1) is 0 Å². The number of benzene rings is 1. The average Bonchev–Trinajstić information content (AvgIpc) is 2.34. The summed E-state index contributed by atoms with van der Waals surface area (Å²) in [6, 6.07) is 9.74. The van der Waals surface area contributed by atoms with Crippen molar-refractivity contribution in [3.8, 4) is 6.07 Å². The normalized spacial score (nSPS) is 9.75. The van der Waals surface area contributed by atoms with Gasteiger partial charge in [0.1, 0.15) is 0 Å². The van der Waals surface area contributed by atoms with E-state index in [1.54, 1.807) is 0 Å². The molecule has 0 aliphatic heterocycles. The number of unbranched alkanes of at least 4 members (excludes halogenated alkanes) is 1. The van der Waals surface area contributed by atoms with E-state index in [2.05, 4.69) is 6.92 Å². The lowest BCUT2D eigenvalue weighted by atomic mass is 10.0. The van der Waals surface area contributed by atoms with E-state index in [1.807, 2.05) is 30.3 Å². The third-order valence-corrected chi connectivity index (χ3v) is 2.56. The zero-order chi connectivity index (χ0) is 11.8. The molecule has 1 aromatic carbocycles. The Labute approximate surface area is 96.9 Å². The second-order valence-corrected chi connectivity index (χ2v) is 3.88. The number of Topliss-reactive ketones (excluding diaryl/α,β-unsaturated/α-hetero) is 1. The molecule has 2 heteroatoms. The van der Waals surface area contributed by atoms with Crippen LogP contribution in [0.1, 0.15) is 48.5 Å². The third kappa shape index (κ3) is 3.86. The molecule has 0 radical (unpaired) electrons. The quantitative estimate of drug-likeness (QED) is 0.681. The van der Waals surface area contributed by atoms with Gasteiger partial charge in [0.05, 0.1) is 6.07 Å². The molecule has 0 aliphatic rings. The summed E-state index contributed by atoms with van der Waals surface area (Å²) in [5, 5.41) is 8.40. The molecule has 0 fully saturated rings. The lowest BCUT2D eigenvalue weighted by Gasteiger charge is -2.02. The minimum absolute atomic E-state index is 0.0589. The Hall–Kier alpha value is -1.62. The second-order valence-electron chi connectivity index (χ2n) is 3.88. The van der Waals surface area contributed by atoms with Crippen molar-refractivity contribution in [3.63, 3.8) is 0 Å². The van der Waals surface area contributed by atoms with Crippen molar-refractivity contribution < 1.29 is 4.79 Å². The number of ketones is 1. The van der Waals surface area contributed by atoms with Crippen LogP contribution in [-0.2, 0) is 6.42 Å². The number of rotatable bonds is 6. The first kappa shape index (κ1) is 12.4. The number of aryl methyl sites for hydroxylation is 1. The molecule has 0 aromatic heterocycles. The zero-order valence-electron chi connectivity index (χ0n) is 9.70. The van der Waals surface area contributed by atoms with Gasteiger partial charge in [-0.25, -0.2) is 0 Å². The number of carbonyl (C=O) groups is 1. The van der Waals surface area contributed by atoms with Crippen LogP contribution >= 0.6 is 0 Å². The Bertz CT molecular complexity index is 373. The maximum Gasteiger partial charge on any atom is 0.163 e. The summed E-state index contributed by atoms with van der Waals surface area (Å²) in [5.41, 5.74) is 1.99. The smallest absolute Gasteiger partial charge is 0.163 e. The Morgan fingerprint density at radius 1 is 1.31 bits per heavy atom. The maximum absolute atomic E-state index is 11.6. The highest BCUT2D eigenvalue weighted by atomic mass is 16.1. The van der Waals surface area contributed by atoms with Crippen LogP contribution in [-0.4, -0.2) is 5.78 Å². The molecule has 0 heterocycles. The summed E-state index contributed by atoms with van der Waals surface area (Å²) < 4.78 is 0. The Morgan fingerprint density at radius 2 is 2.00 bits per heavy atom. The van der Waals surface area contributed by atoms with E-state index in [1.165, 1.54) is 18.4 Å². The summed E-state index contributed by atoms with van der Waals surface area (Å²) in [6.07, 6.45) is 4.06. The van der Waals surface area contributed by atoms with Crippen molar-refractivity contribution in [3.05, 3.63) is 35.4 Å². The van der Waals surface area contributed by atoms with Crippen molar-refractivity contribution in [2.45, 2.75) is 39.0 Å². The van der Waals surface area contributed by atoms with Crippen LogP contribution in [0, 0.1) is 11.3 Å². The molecule has 0 aliphatic carbocycles. The first-order valence-electron chi connectivity index (χ1n) is 5.77. The van der Waals surface area contributed by atoms with Crippen LogP contribution in [0.4, 0.5) is 0 Å². The monoisotopic (exact) mass is 215 g/mol. The number of nitriles is 1. The van der Waals surface area contributed by atoms with Crippen molar-refractivity contribution in [2.75, 3.05) is 0 Å². The SMILES string of the molecule is CCCCc1ccc(C(=O)CCC#N)cc1. The van der Waals surface area contributed by atoms with E-state index in [0.717, 1.165) is 12.0 Å². The molecular weight excluding hydrogens is 198 g/mol. The van der Waals surface area contributed by atoms with Gasteiger partial charge >= 0.3 is 0 Å². The van der Waals surface area contributed by atoms with Crippen LogP contribution in [0.3, 0.4) is 0 Å². The Balaban J connectivity index is 2.57. The number of hydrogen-bond acceptors (Lipinski definition) is 2. The standard InChI is InChI=1S/C14H17NO/c1-2-3-5-12-7-9-13(10-8-12)14(16)6-4-11-15/h7-10H,2-6H2,1H3. The number of carbonyl (C=O) groups excluding carboxylic acids is 1. The molecular formula is C14H17NO. The Kier molecular flexibility index (Phi) is 5.28. The van der Waals surface area contributed by atoms with Gasteiger partial charge in [-0.3, -0.25) is 4.79 Å². The molecule has 0 atom stereocenters. The summed E-state index contributed by atoms with van der Waals surface area (Å²) in [6.45, 7) is 2.17. The molecule has 0 bridgehead atoms. The van der Waals surface area contributed by atoms with E-state index >= 15 is 0 Å². The predicted molar refractivity (Wildman–Crippen MR) is 64.2 cm³/mol. The van der Waals surface area contributed by atoms with Crippen molar-refractivity contribution >= 4 is 5.78 Å². The fourth-order valence-electron chi connectivity index (χ4n) is 1.55. The second kappa shape index (κ2) is 6.79. The van der Waals surface area contributed by atoms with Gasteiger partial charge in [0.25, 0.3) is 0 Å². The van der Waals surface area contributed by atoms with Crippen LogP contribution in [0.5, 0.6) is 0 Å². The van der Waals surface area contributed by atoms with Gasteiger partial charge in [-0.2, -0.15) is 5.26 Å². The third-order valence-electron chi connectivity index (χ3n) is 2.56. The molecule has 1 aromatic rings. The highest BCUT2D eigenvalue weighted by Gasteiger charge is 2.04. The first-order chi connectivity index (χ1) is 7.77. The summed E-state index contributed by atoms with van der Waals surface area (Å²) >= 11 is 0. The van der Waals surface area contributed by atoms with E-state index in [-0.39, 0.29) is 5.78 Å². The van der Waals surface area contributed by atoms with Gasteiger partial charge in [0.2, 0.25) is 0 Å². The lowest BCUT2D eigenvalue weighted by Crippen LogP contribution is -1.98. The molecule has 16 heavy (non-hydrogen) atoms. The summed E-state index contributed by atoms with van der Waals surface area (Å²) in [4.78, 5) is 11.6. The van der Waals surface area contributed by atoms with E-state index in [9.17, 15) is 4.79 Å². The van der Waals surface area contributed by atoms with Crippen LogP contribution in [0.25, 0.3) is 0 Å². The molecule has 0 saturated heterocycles. The number of nitrogens with zero attached hydrogens (tertiary/aromatic N) is 1. The zero-order valence-corrected chi connectivity index (χ0v) is 9.70. The molecule has 0 N–H and O–H groups in total. The fourth-order valence-corrected chi connectivity index (χ4v) is 1.55. The van der Waals surface area contributed by atoms with E-state index < -0.39 is 0 Å². The van der Waals surface area contributed by atoms with E-state index in [4.69, 9.17) is 5.26 Å². The van der Waals surface area contributed by atoms with Crippen LogP contribution < -0.4 is 0 Å². The Morgan fingerprint density at radius 3 is 2.56 bits per heavy atom. The largest absolute Gasteiger partial charge is 0.294 e. The molecule has 0 amide bonds. The van der Waals surface area contributed by atoms with Crippen LogP contribution in [0.15, 0.2) is 24.3 Å². The molecule has 0 unspecified atom stereocenters. The maximum atomic E-state index is 11.6. The molecule has 0 saturated carbocycles. The van der Waals surface area contributed by atoms with Crippen molar-refractivity contribution in [1.82, 2.24) is 0 Å². The minimum Gasteiger partial charge on any atom is -0.294 e. The van der Waals surface area contributed by atoms with Gasteiger partial charge in [0, 0.05) is 18.4 Å². The van der Waals surface area contributed by atoms with Crippen LogP contribution in [0.2, 0.25) is 0 Å². The van der Waals surface area contributed by atoms with Gasteiger partial charge in [-0.1, -0.05) is 37.6 Å². The topological polar surface area (TPSA) is 40.9 Å². The molecule has 1 rings (SSSR count). The minimum atomic E-state index is 0.0589. The van der Waals surface area contributed by atoms with Gasteiger partial charge < -0.3 is 0 Å². The van der Waals surface area contributed by atoms with E-state index in [0.29, 0.717) is 12.8 Å². The highest BCUT2D eigenvalue weighted by Crippen LogP contribution is 2.10. The first-order valence-corrected chi connectivity index (χ1v) is 5.77. The molecule has 84 valence electrons. The van der Waals surface area contributed by atoms with Crippen molar-refractivity contribution in [2.24, 2.45) is 0 Å². The predicted octanol–water partition coefficient (Wildman–Crippen LogP) is 3.52. The van der Waals surface area contributed by atoms with Gasteiger partial charge in [0.15, 0.2) is 5.78 Å².